The quantitative estimate of drug-likeness (QED) is 0.607. The zero-order valence-electron chi connectivity index (χ0n) is 14.9. The van der Waals surface area contributed by atoms with Crippen LogP contribution in [0.2, 0.25) is 0 Å². The number of Topliss-reactive ketones (excluding diaryl/α,β-unsaturated/α-hetero) is 1. The average Bonchev–Trinajstić information content (AvgIpc) is 3.05. The first-order chi connectivity index (χ1) is 13.1. The number of benzene rings is 2. The number of ketones is 1. The van der Waals surface area contributed by atoms with E-state index < -0.39 is 0 Å². The van der Waals surface area contributed by atoms with Gasteiger partial charge in [-0.3, -0.25) is 9.59 Å². The summed E-state index contributed by atoms with van der Waals surface area (Å²) in [5.41, 5.74) is 4.91. The maximum absolute atomic E-state index is 12.4. The second kappa shape index (κ2) is 7.23. The van der Waals surface area contributed by atoms with Crippen molar-refractivity contribution in [1.29, 1.82) is 0 Å². The summed E-state index contributed by atoms with van der Waals surface area (Å²) < 4.78 is 0. The van der Waals surface area contributed by atoms with E-state index in [2.05, 4.69) is 21.4 Å². The molecule has 27 heavy (non-hydrogen) atoms. The van der Waals surface area contributed by atoms with Gasteiger partial charge in [0.15, 0.2) is 5.78 Å². The van der Waals surface area contributed by atoms with Crippen LogP contribution < -0.4 is 11.0 Å². The number of carbonyl (C=O) groups is 2. The summed E-state index contributed by atoms with van der Waals surface area (Å²) in [6.07, 6.45) is 4.79. The molecule has 0 saturated heterocycles. The summed E-state index contributed by atoms with van der Waals surface area (Å²) in [5.74, 6) is -0.234. The summed E-state index contributed by atoms with van der Waals surface area (Å²) in [7, 11) is 0. The Labute approximate surface area is 156 Å². The summed E-state index contributed by atoms with van der Waals surface area (Å²) >= 11 is 0. The molecule has 2 aromatic carbocycles. The molecule has 0 radical (unpaired) electrons. The summed E-state index contributed by atoms with van der Waals surface area (Å²) in [6.45, 7) is 0. The van der Waals surface area contributed by atoms with Crippen molar-refractivity contribution in [3.05, 3.63) is 63.6 Å². The molecule has 1 aromatic heterocycles. The molecule has 0 fully saturated rings. The van der Waals surface area contributed by atoms with Gasteiger partial charge in [0.2, 0.25) is 5.91 Å². The summed E-state index contributed by atoms with van der Waals surface area (Å²) in [4.78, 5) is 41.2. The third-order valence-electron chi connectivity index (χ3n) is 5.05. The number of amides is 1. The normalized spacial score (nSPS) is 13.3. The molecule has 1 aliphatic rings. The van der Waals surface area contributed by atoms with Crippen molar-refractivity contribution in [2.75, 3.05) is 5.32 Å². The van der Waals surface area contributed by atoms with Crippen LogP contribution in [0.1, 0.15) is 47.2 Å². The fourth-order valence-corrected chi connectivity index (χ4v) is 3.61. The van der Waals surface area contributed by atoms with Crippen LogP contribution >= 0.6 is 0 Å². The van der Waals surface area contributed by atoms with E-state index in [0.717, 1.165) is 12.8 Å². The van der Waals surface area contributed by atoms with Crippen molar-refractivity contribution >= 4 is 28.4 Å². The van der Waals surface area contributed by atoms with Crippen LogP contribution in [0.4, 0.5) is 5.69 Å². The molecule has 1 heterocycles. The van der Waals surface area contributed by atoms with E-state index in [4.69, 9.17) is 0 Å². The Hall–Kier alpha value is -3.15. The second-order valence-corrected chi connectivity index (χ2v) is 7.00. The van der Waals surface area contributed by atoms with Crippen molar-refractivity contribution in [2.24, 2.45) is 0 Å². The van der Waals surface area contributed by atoms with Crippen molar-refractivity contribution in [3.8, 4) is 0 Å². The maximum Gasteiger partial charge on any atom is 0.323 e. The molecule has 6 heteroatoms. The minimum atomic E-state index is -0.288. The smallest absolute Gasteiger partial charge is 0.323 e. The maximum atomic E-state index is 12.4. The van der Waals surface area contributed by atoms with Crippen LogP contribution in [0, 0.1) is 0 Å². The lowest BCUT2D eigenvalue weighted by atomic mass is 9.89. The Morgan fingerprint density at radius 2 is 1.67 bits per heavy atom. The van der Waals surface area contributed by atoms with Gasteiger partial charge in [-0.2, -0.15) is 0 Å². The first-order valence-corrected chi connectivity index (χ1v) is 9.25. The summed E-state index contributed by atoms with van der Waals surface area (Å²) in [5, 5.41) is 2.77. The fraction of sp³-hybridized carbons (Fsp3) is 0.286. The molecule has 1 aliphatic carbocycles. The van der Waals surface area contributed by atoms with Gasteiger partial charge in [-0.15, -0.1) is 0 Å². The predicted molar refractivity (Wildman–Crippen MR) is 104 cm³/mol. The second-order valence-electron chi connectivity index (χ2n) is 7.00. The number of fused-ring (bicyclic) bond motifs is 2. The van der Waals surface area contributed by atoms with Crippen LogP contribution in [0.5, 0.6) is 0 Å². The number of hydrogen-bond donors (Lipinski definition) is 3. The number of aryl methyl sites for hydroxylation is 2. The zero-order chi connectivity index (χ0) is 18.8. The molecule has 0 saturated carbocycles. The average molecular weight is 363 g/mol. The van der Waals surface area contributed by atoms with Gasteiger partial charge in [0.05, 0.1) is 11.0 Å². The standard InChI is InChI=1S/C21H21N3O3/c25-19(15-6-5-13-3-1-2-4-14(13)11-15)9-10-20(26)22-16-7-8-17-18(12-16)24-21(27)23-17/h5-8,11-12H,1-4,9-10H2,(H,22,26)(H2,23,24,27). The highest BCUT2D eigenvalue weighted by Crippen LogP contribution is 2.23. The Kier molecular flexibility index (Phi) is 4.62. The first-order valence-electron chi connectivity index (χ1n) is 9.25. The number of rotatable bonds is 5. The third-order valence-corrected chi connectivity index (χ3v) is 5.05. The number of carbonyl (C=O) groups excluding carboxylic acids is 2. The zero-order valence-corrected chi connectivity index (χ0v) is 14.9. The van der Waals surface area contributed by atoms with Gasteiger partial charge in [-0.05, 0) is 61.1 Å². The van der Waals surface area contributed by atoms with E-state index in [1.807, 2.05) is 12.1 Å². The Bertz CT molecular complexity index is 1080. The van der Waals surface area contributed by atoms with E-state index in [0.29, 0.717) is 22.3 Å². The van der Waals surface area contributed by atoms with Crippen LogP contribution in [-0.2, 0) is 17.6 Å². The van der Waals surface area contributed by atoms with Crippen LogP contribution in [0.15, 0.2) is 41.2 Å². The van der Waals surface area contributed by atoms with Gasteiger partial charge in [0.25, 0.3) is 0 Å². The molecule has 0 aliphatic heterocycles. The van der Waals surface area contributed by atoms with E-state index in [-0.39, 0.29) is 30.2 Å². The topological polar surface area (TPSA) is 94.8 Å². The number of aromatic amines is 2. The molecule has 0 atom stereocenters. The lowest BCUT2D eigenvalue weighted by Gasteiger charge is -2.16. The molecule has 0 bridgehead atoms. The highest BCUT2D eigenvalue weighted by atomic mass is 16.2. The van der Waals surface area contributed by atoms with E-state index in [1.54, 1.807) is 18.2 Å². The monoisotopic (exact) mass is 363 g/mol. The predicted octanol–water partition coefficient (Wildman–Crippen LogP) is 3.34. The van der Waals surface area contributed by atoms with E-state index in [1.165, 1.54) is 24.0 Å². The Morgan fingerprint density at radius 1 is 0.889 bits per heavy atom. The number of imidazole rings is 1. The Balaban J connectivity index is 1.36. The first kappa shape index (κ1) is 17.3. The SMILES string of the molecule is O=C(CCC(=O)c1ccc2c(c1)CCCC2)Nc1ccc2[nH]c(=O)[nH]c2c1. The van der Waals surface area contributed by atoms with Crippen LogP contribution in [-0.4, -0.2) is 21.7 Å². The van der Waals surface area contributed by atoms with E-state index in [9.17, 15) is 14.4 Å². The number of aromatic nitrogens is 2. The number of anilines is 1. The van der Waals surface area contributed by atoms with Gasteiger partial charge >= 0.3 is 5.69 Å². The van der Waals surface area contributed by atoms with Crippen molar-refractivity contribution in [3.63, 3.8) is 0 Å². The molecule has 6 nitrogen and oxygen atoms in total. The number of hydrogen-bond acceptors (Lipinski definition) is 3. The minimum absolute atomic E-state index is 0.0102. The molecule has 0 unspecified atom stereocenters. The lowest BCUT2D eigenvalue weighted by Crippen LogP contribution is -2.14. The van der Waals surface area contributed by atoms with Crippen molar-refractivity contribution < 1.29 is 9.59 Å². The molecular weight excluding hydrogens is 342 g/mol. The van der Waals surface area contributed by atoms with Crippen molar-refractivity contribution in [2.45, 2.75) is 38.5 Å². The minimum Gasteiger partial charge on any atom is -0.326 e. The number of H-pyrrole nitrogens is 2. The highest BCUT2D eigenvalue weighted by Gasteiger charge is 2.14. The lowest BCUT2D eigenvalue weighted by molar-refractivity contribution is -0.116. The molecule has 3 aromatic rings. The molecular formula is C21H21N3O3. The largest absolute Gasteiger partial charge is 0.326 e. The third kappa shape index (κ3) is 3.84. The van der Waals surface area contributed by atoms with Gasteiger partial charge < -0.3 is 15.3 Å². The molecule has 3 N–H and O–H groups in total. The fourth-order valence-electron chi connectivity index (χ4n) is 3.61. The van der Waals surface area contributed by atoms with Gasteiger partial charge in [-0.25, -0.2) is 4.79 Å². The molecule has 1 amide bonds. The van der Waals surface area contributed by atoms with E-state index >= 15 is 0 Å². The van der Waals surface area contributed by atoms with Gasteiger partial charge in [0.1, 0.15) is 0 Å². The molecule has 0 spiro atoms. The molecule has 138 valence electrons. The highest BCUT2D eigenvalue weighted by molar-refractivity contribution is 6.00. The van der Waals surface area contributed by atoms with Crippen LogP contribution in [0.25, 0.3) is 11.0 Å². The van der Waals surface area contributed by atoms with Crippen LogP contribution in [0.3, 0.4) is 0 Å². The Morgan fingerprint density at radius 3 is 2.52 bits per heavy atom. The molecule has 4 rings (SSSR count). The summed E-state index contributed by atoms with van der Waals surface area (Å²) in [6, 6.07) is 11.0. The van der Waals surface area contributed by atoms with Crippen molar-refractivity contribution in [1.82, 2.24) is 9.97 Å². The number of nitrogens with one attached hydrogen (secondary N) is 3. The van der Waals surface area contributed by atoms with Gasteiger partial charge in [0, 0.05) is 24.1 Å². The van der Waals surface area contributed by atoms with Gasteiger partial charge in [-0.1, -0.05) is 12.1 Å².